The average Bonchev–Trinajstić information content (AvgIpc) is 2.64. The van der Waals surface area contributed by atoms with E-state index in [9.17, 15) is 18.0 Å². The number of halogens is 3. The first-order valence-electron chi connectivity index (χ1n) is 3.86. The summed E-state index contributed by atoms with van der Waals surface area (Å²) in [5.41, 5.74) is 0. The van der Waals surface area contributed by atoms with Crippen LogP contribution >= 0.6 is 0 Å². The van der Waals surface area contributed by atoms with E-state index in [2.05, 4.69) is 4.74 Å². The van der Waals surface area contributed by atoms with Gasteiger partial charge in [0, 0.05) is 6.08 Å². The standard InChI is InChI=1S/C9H7F3O3/c1-14-7(6-3-2-4-15-6)5-8(13)9(10,11)12/h2-5H,1H3/b7-5+. The Morgan fingerprint density at radius 1 is 1.53 bits per heavy atom. The molecule has 0 fully saturated rings. The Kier molecular flexibility index (Phi) is 3.18. The lowest BCUT2D eigenvalue weighted by Crippen LogP contribution is -2.20. The molecule has 0 atom stereocenters. The Hall–Kier alpha value is -1.72. The van der Waals surface area contributed by atoms with E-state index in [0.717, 1.165) is 7.11 Å². The maximum absolute atomic E-state index is 11.9. The number of carbonyl (C=O) groups is 1. The number of carbonyl (C=O) groups excluding carboxylic acids is 1. The monoisotopic (exact) mass is 220 g/mol. The Morgan fingerprint density at radius 2 is 2.20 bits per heavy atom. The van der Waals surface area contributed by atoms with Gasteiger partial charge in [-0.1, -0.05) is 0 Å². The van der Waals surface area contributed by atoms with Gasteiger partial charge in [0.15, 0.2) is 11.5 Å². The van der Waals surface area contributed by atoms with E-state index in [4.69, 9.17) is 4.42 Å². The predicted octanol–water partition coefficient (Wildman–Crippen LogP) is 2.40. The summed E-state index contributed by atoms with van der Waals surface area (Å²) in [6, 6.07) is 2.86. The van der Waals surface area contributed by atoms with Gasteiger partial charge in [0.1, 0.15) is 0 Å². The molecule has 1 aromatic heterocycles. The van der Waals surface area contributed by atoms with Crippen molar-refractivity contribution in [2.45, 2.75) is 6.18 Å². The summed E-state index contributed by atoms with van der Waals surface area (Å²) >= 11 is 0. The Labute approximate surface area is 83.1 Å². The Bertz CT molecular complexity index is 362. The summed E-state index contributed by atoms with van der Waals surface area (Å²) in [5.74, 6) is -2.19. The number of alkyl halides is 3. The number of allylic oxidation sites excluding steroid dienone is 1. The molecule has 0 spiro atoms. The van der Waals surface area contributed by atoms with Crippen molar-refractivity contribution in [3.05, 3.63) is 30.2 Å². The summed E-state index contributed by atoms with van der Waals surface area (Å²) in [4.78, 5) is 10.6. The number of ketones is 1. The zero-order chi connectivity index (χ0) is 11.5. The molecular weight excluding hydrogens is 213 g/mol. The summed E-state index contributed by atoms with van der Waals surface area (Å²) in [5, 5.41) is 0. The zero-order valence-electron chi connectivity index (χ0n) is 7.67. The van der Waals surface area contributed by atoms with Gasteiger partial charge in [-0.25, -0.2) is 0 Å². The molecule has 6 heteroatoms. The van der Waals surface area contributed by atoms with Crippen molar-refractivity contribution in [3.63, 3.8) is 0 Å². The van der Waals surface area contributed by atoms with Crippen LogP contribution in [0.4, 0.5) is 13.2 Å². The van der Waals surface area contributed by atoms with Crippen LogP contribution < -0.4 is 0 Å². The van der Waals surface area contributed by atoms with E-state index in [1.807, 2.05) is 0 Å². The van der Waals surface area contributed by atoms with Gasteiger partial charge < -0.3 is 9.15 Å². The fourth-order valence-corrected chi connectivity index (χ4v) is 0.850. The molecule has 0 saturated carbocycles. The van der Waals surface area contributed by atoms with Crippen LogP contribution in [0.5, 0.6) is 0 Å². The van der Waals surface area contributed by atoms with Crippen molar-refractivity contribution >= 4 is 11.5 Å². The topological polar surface area (TPSA) is 39.4 Å². The number of rotatable bonds is 3. The molecule has 82 valence electrons. The highest BCUT2D eigenvalue weighted by molar-refractivity contribution is 5.99. The highest BCUT2D eigenvalue weighted by atomic mass is 19.4. The van der Waals surface area contributed by atoms with Gasteiger partial charge in [0.2, 0.25) is 0 Å². The van der Waals surface area contributed by atoms with Gasteiger partial charge in [0.05, 0.1) is 13.4 Å². The number of ether oxygens (including phenoxy) is 1. The van der Waals surface area contributed by atoms with E-state index in [-0.39, 0.29) is 11.5 Å². The summed E-state index contributed by atoms with van der Waals surface area (Å²) < 4.78 is 45.1. The normalized spacial score (nSPS) is 12.7. The van der Waals surface area contributed by atoms with Crippen LogP contribution in [0.2, 0.25) is 0 Å². The quantitative estimate of drug-likeness (QED) is 0.580. The van der Waals surface area contributed by atoms with Crippen LogP contribution in [-0.2, 0) is 9.53 Å². The number of hydrogen-bond donors (Lipinski definition) is 0. The summed E-state index contributed by atoms with van der Waals surface area (Å²) in [6.07, 6.45) is -3.30. The summed E-state index contributed by atoms with van der Waals surface area (Å²) in [7, 11) is 1.15. The minimum atomic E-state index is -4.91. The van der Waals surface area contributed by atoms with Crippen molar-refractivity contribution in [1.29, 1.82) is 0 Å². The lowest BCUT2D eigenvalue weighted by Gasteiger charge is -2.04. The van der Waals surface area contributed by atoms with Crippen molar-refractivity contribution in [2.75, 3.05) is 7.11 Å². The molecule has 3 nitrogen and oxygen atoms in total. The SMILES string of the molecule is CO/C(=C/C(=O)C(F)(F)F)c1ccco1. The highest BCUT2D eigenvalue weighted by Crippen LogP contribution is 2.21. The zero-order valence-corrected chi connectivity index (χ0v) is 7.67. The number of methoxy groups -OCH3 is 1. The van der Waals surface area contributed by atoms with E-state index >= 15 is 0 Å². The molecule has 0 aliphatic heterocycles. The van der Waals surface area contributed by atoms with Crippen LogP contribution in [0.3, 0.4) is 0 Å². The minimum Gasteiger partial charge on any atom is -0.493 e. The van der Waals surface area contributed by atoms with Crippen LogP contribution in [0.1, 0.15) is 5.76 Å². The molecule has 0 aliphatic rings. The first-order chi connectivity index (χ1) is 6.95. The molecule has 1 rings (SSSR count). The van der Waals surface area contributed by atoms with Crippen LogP contribution in [0.25, 0.3) is 5.76 Å². The molecule has 0 radical (unpaired) electrons. The molecule has 0 aliphatic carbocycles. The van der Waals surface area contributed by atoms with Crippen LogP contribution in [0, 0.1) is 0 Å². The predicted molar refractivity (Wildman–Crippen MR) is 44.8 cm³/mol. The van der Waals surface area contributed by atoms with Gasteiger partial charge in [-0.15, -0.1) is 0 Å². The fraction of sp³-hybridized carbons (Fsp3) is 0.222. The molecule has 1 aromatic rings. The molecular formula is C9H7F3O3. The van der Waals surface area contributed by atoms with Crippen molar-refractivity contribution < 1.29 is 27.1 Å². The van der Waals surface area contributed by atoms with Gasteiger partial charge in [-0.3, -0.25) is 4.79 Å². The smallest absolute Gasteiger partial charge is 0.454 e. The third-order valence-electron chi connectivity index (χ3n) is 1.53. The molecule has 0 amide bonds. The highest BCUT2D eigenvalue weighted by Gasteiger charge is 2.37. The first kappa shape index (κ1) is 11.4. The third kappa shape index (κ3) is 2.87. The second kappa shape index (κ2) is 4.20. The maximum atomic E-state index is 11.9. The molecule has 15 heavy (non-hydrogen) atoms. The second-order valence-corrected chi connectivity index (χ2v) is 2.55. The van der Waals surface area contributed by atoms with Gasteiger partial charge >= 0.3 is 6.18 Å². The van der Waals surface area contributed by atoms with E-state index in [1.54, 1.807) is 0 Å². The fourth-order valence-electron chi connectivity index (χ4n) is 0.850. The van der Waals surface area contributed by atoms with Crippen molar-refractivity contribution in [3.8, 4) is 0 Å². The van der Waals surface area contributed by atoms with E-state index in [1.165, 1.54) is 18.4 Å². The van der Waals surface area contributed by atoms with Gasteiger partial charge in [-0.05, 0) is 12.1 Å². The molecule has 0 saturated heterocycles. The first-order valence-corrected chi connectivity index (χ1v) is 3.86. The summed E-state index contributed by atoms with van der Waals surface area (Å²) in [6.45, 7) is 0. The second-order valence-electron chi connectivity index (χ2n) is 2.55. The molecule has 1 heterocycles. The molecule has 0 aromatic carbocycles. The third-order valence-corrected chi connectivity index (χ3v) is 1.53. The Morgan fingerprint density at radius 3 is 2.60 bits per heavy atom. The maximum Gasteiger partial charge on any atom is 0.454 e. The largest absolute Gasteiger partial charge is 0.493 e. The van der Waals surface area contributed by atoms with E-state index < -0.39 is 12.0 Å². The molecule has 0 unspecified atom stereocenters. The van der Waals surface area contributed by atoms with Gasteiger partial charge in [-0.2, -0.15) is 13.2 Å². The lowest BCUT2D eigenvalue weighted by atomic mass is 10.3. The number of hydrogen-bond acceptors (Lipinski definition) is 3. The van der Waals surface area contributed by atoms with Crippen molar-refractivity contribution in [1.82, 2.24) is 0 Å². The van der Waals surface area contributed by atoms with Gasteiger partial charge in [0.25, 0.3) is 5.78 Å². The lowest BCUT2D eigenvalue weighted by molar-refractivity contribution is -0.165. The van der Waals surface area contributed by atoms with Crippen LogP contribution in [-0.4, -0.2) is 19.1 Å². The van der Waals surface area contributed by atoms with Crippen molar-refractivity contribution in [2.24, 2.45) is 0 Å². The Balaban J connectivity index is 2.94. The minimum absolute atomic E-state index is 0.0649. The number of furan rings is 1. The average molecular weight is 220 g/mol. The molecule has 0 N–H and O–H groups in total. The van der Waals surface area contributed by atoms with Crippen LogP contribution in [0.15, 0.2) is 28.9 Å². The molecule has 0 bridgehead atoms. The van der Waals surface area contributed by atoms with E-state index in [0.29, 0.717) is 6.08 Å².